The zero-order valence-corrected chi connectivity index (χ0v) is 12.1. The maximum Gasteiger partial charge on any atom is 0.292 e. The second-order valence-electron chi connectivity index (χ2n) is 4.51. The molecule has 1 aromatic carbocycles. The zero-order chi connectivity index (χ0) is 15.2. The number of aromatic nitrogens is 1. The number of hydrogen-bond acceptors (Lipinski definition) is 3. The number of thiocarbonyl (C=S) groups is 1. The van der Waals surface area contributed by atoms with Crippen LogP contribution in [0.5, 0.6) is 5.75 Å². The van der Waals surface area contributed by atoms with E-state index >= 15 is 0 Å². The molecule has 0 saturated carbocycles. The normalized spacial score (nSPS) is 10.3. The van der Waals surface area contributed by atoms with Crippen LogP contribution in [0.2, 0.25) is 0 Å². The van der Waals surface area contributed by atoms with Gasteiger partial charge in [-0.2, -0.15) is 0 Å². The summed E-state index contributed by atoms with van der Waals surface area (Å²) in [5.74, 6) is -0.122. The van der Waals surface area contributed by atoms with Crippen LogP contribution < -0.4 is 16.0 Å². The number of pyridine rings is 1. The van der Waals surface area contributed by atoms with Crippen LogP contribution in [-0.2, 0) is 13.2 Å². The van der Waals surface area contributed by atoms with Gasteiger partial charge >= 0.3 is 0 Å². The largest absolute Gasteiger partial charge is 0.483 e. The molecule has 0 atom stereocenters. The van der Waals surface area contributed by atoms with E-state index in [2.05, 4.69) is 0 Å². The van der Waals surface area contributed by atoms with Crippen molar-refractivity contribution >= 4 is 17.2 Å². The molecule has 2 aromatic rings. The minimum atomic E-state index is -0.335. The van der Waals surface area contributed by atoms with Gasteiger partial charge in [0.15, 0.2) is 5.75 Å². The highest BCUT2D eigenvalue weighted by Crippen LogP contribution is 2.09. The Kier molecular flexibility index (Phi) is 5.05. The van der Waals surface area contributed by atoms with Crippen molar-refractivity contribution < 1.29 is 9.13 Å². The van der Waals surface area contributed by atoms with Gasteiger partial charge in [0.05, 0.1) is 4.99 Å². The molecule has 2 N–H and O–H groups in total. The van der Waals surface area contributed by atoms with E-state index in [1.165, 1.54) is 16.7 Å². The topological polar surface area (TPSA) is 57.2 Å². The van der Waals surface area contributed by atoms with Gasteiger partial charge in [-0.1, -0.05) is 24.4 Å². The molecular formula is C15H15FN2O2S. The molecule has 4 nitrogen and oxygen atoms in total. The van der Waals surface area contributed by atoms with Crippen molar-refractivity contribution in [2.24, 2.45) is 5.73 Å². The lowest BCUT2D eigenvalue weighted by Gasteiger charge is -2.09. The molecular weight excluding hydrogens is 291 g/mol. The first-order valence-corrected chi connectivity index (χ1v) is 6.82. The van der Waals surface area contributed by atoms with Crippen molar-refractivity contribution in [3.05, 3.63) is 64.3 Å². The highest BCUT2D eigenvalue weighted by atomic mass is 32.1. The van der Waals surface area contributed by atoms with Crippen LogP contribution in [0.3, 0.4) is 0 Å². The van der Waals surface area contributed by atoms with E-state index < -0.39 is 0 Å². The highest BCUT2D eigenvalue weighted by molar-refractivity contribution is 7.80. The number of nitrogens with zero attached hydrogens (tertiary/aromatic N) is 1. The molecule has 0 aliphatic rings. The molecule has 0 saturated heterocycles. The Balaban J connectivity index is 2.08. The van der Waals surface area contributed by atoms with Crippen LogP contribution in [0.4, 0.5) is 4.39 Å². The SMILES string of the molecule is NC(=S)CCn1cccc(OCc2cccc(F)c2)c1=O. The Morgan fingerprint density at radius 2 is 2.14 bits per heavy atom. The lowest BCUT2D eigenvalue weighted by Crippen LogP contribution is -2.23. The number of aryl methyl sites for hydroxylation is 1. The number of halogens is 1. The molecule has 0 bridgehead atoms. The summed E-state index contributed by atoms with van der Waals surface area (Å²) >= 11 is 4.79. The van der Waals surface area contributed by atoms with Crippen LogP contribution in [0.15, 0.2) is 47.4 Å². The van der Waals surface area contributed by atoms with Crippen molar-refractivity contribution in [2.45, 2.75) is 19.6 Å². The Hall–Kier alpha value is -2.21. The molecule has 110 valence electrons. The molecule has 0 unspecified atom stereocenters. The average molecular weight is 306 g/mol. The maximum absolute atomic E-state index is 13.1. The second-order valence-corrected chi connectivity index (χ2v) is 5.03. The molecule has 21 heavy (non-hydrogen) atoms. The Morgan fingerprint density at radius 1 is 1.33 bits per heavy atom. The Morgan fingerprint density at radius 3 is 2.86 bits per heavy atom. The third kappa shape index (κ3) is 4.39. The maximum atomic E-state index is 13.1. The molecule has 0 radical (unpaired) electrons. The molecule has 0 aliphatic heterocycles. The van der Waals surface area contributed by atoms with E-state index in [1.807, 2.05) is 0 Å². The van der Waals surface area contributed by atoms with Crippen molar-refractivity contribution in [1.82, 2.24) is 4.57 Å². The fourth-order valence-electron chi connectivity index (χ4n) is 1.82. The number of nitrogens with two attached hydrogens (primary N) is 1. The number of rotatable bonds is 6. The van der Waals surface area contributed by atoms with Crippen molar-refractivity contribution in [3.63, 3.8) is 0 Å². The predicted octanol–water partition coefficient (Wildman–Crippen LogP) is 2.24. The smallest absolute Gasteiger partial charge is 0.292 e. The molecule has 6 heteroatoms. The van der Waals surface area contributed by atoms with Gasteiger partial charge in [-0.3, -0.25) is 4.79 Å². The van der Waals surface area contributed by atoms with E-state index in [1.54, 1.807) is 30.5 Å². The third-order valence-corrected chi connectivity index (χ3v) is 3.07. The lowest BCUT2D eigenvalue weighted by molar-refractivity contribution is 0.298. The first kappa shape index (κ1) is 15.2. The van der Waals surface area contributed by atoms with Gasteiger partial charge in [0.25, 0.3) is 5.56 Å². The molecule has 1 heterocycles. The van der Waals surface area contributed by atoms with Crippen LogP contribution in [0.1, 0.15) is 12.0 Å². The fourth-order valence-corrected chi connectivity index (χ4v) is 1.91. The minimum Gasteiger partial charge on any atom is -0.483 e. The van der Waals surface area contributed by atoms with E-state index in [4.69, 9.17) is 22.7 Å². The average Bonchev–Trinajstić information content (AvgIpc) is 2.45. The molecule has 0 aliphatic carbocycles. The Labute approximate surface area is 127 Å². The molecule has 0 spiro atoms. The summed E-state index contributed by atoms with van der Waals surface area (Å²) in [5, 5.41) is 0. The van der Waals surface area contributed by atoms with Gasteiger partial charge in [0, 0.05) is 19.2 Å². The number of hydrogen-bond donors (Lipinski definition) is 1. The van der Waals surface area contributed by atoms with Crippen LogP contribution >= 0.6 is 12.2 Å². The van der Waals surface area contributed by atoms with Crippen LogP contribution in [-0.4, -0.2) is 9.56 Å². The van der Waals surface area contributed by atoms with E-state index in [9.17, 15) is 9.18 Å². The molecule has 0 fully saturated rings. The summed E-state index contributed by atoms with van der Waals surface area (Å²) in [4.78, 5) is 12.5. The third-order valence-electron chi connectivity index (χ3n) is 2.87. The van der Waals surface area contributed by atoms with Gasteiger partial charge in [0.1, 0.15) is 12.4 Å². The van der Waals surface area contributed by atoms with Crippen LogP contribution in [0, 0.1) is 5.82 Å². The molecule has 1 aromatic heterocycles. The van der Waals surface area contributed by atoms with E-state index in [-0.39, 0.29) is 23.7 Å². The summed E-state index contributed by atoms with van der Waals surface area (Å²) < 4.78 is 20.0. The van der Waals surface area contributed by atoms with Crippen LogP contribution in [0.25, 0.3) is 0 Å². The first-order chi connectivity index (χ1) is 10.1. The summed E-state index contributed by atoms with van der Waals surface area (Å²) in [6.07, 6.45) is 2.10. The van der Waals surface area contributed by atoms with Gasteiger partial charge in [-0.15, -0.1) is 0 Å². The summed E-state index contributed by atoms with van der Waals surface area (Å²) in [6.45, 7) is 0.539. The van der Waals surface area contributed by atoms with Gasteiger partial charge in [-0.05, 0) is 29.8 Å². The fraction of sp³-hybridized carbons (Fsp3) is 0.200. The van der Waals surface area contributed by atoms with Crippen molar-refractivity contribution in [3.8, 4) is 5.75 Å². The van der Waals surface area contributed by atoms with Gasteiger partial charge in [-0.25, -0.2) is 4.39 Å². The first-order valence-electron chi connectivity index (χ1n) is 6.41. The molecule has 0 amide bonds. The second kappa shape index (κ2) is 6.99. The minimum absolute atomic E-state index is 0.131. The summed E-state index contributed by atoms with van der Waals surface area (Å²) in [5.41, 5.74) is 5.83. The Bertz CT molecular complexity index is 700. The number of ether oxygens (including phenoxy) is 1. The predicted molar refractivity (Wildman–Crippen MR) is 82.8 cm³/mol. The van der Waals surface area contributed by atoms with Gasteiger partial charge < -0.3 is 15.0 Å². The van der Waals surface area contributed by atoms with Gasteiger partial charge in [0.2, 0.25) is 0 Å². The van der Waals surface area contributed by atoms with E-state index in [0.29, 0.717) is 23.5 Å². The lowest BCUT2D eigenvalue weighted by atomic mass is 10.2. The standard InChI is InChI=1S/C15H15FN2O2S/c16-12-4-1-3-11(9-12)10-20-13-5-2-7-18(15(13)19)8-6-14(17)21/h1-5,7,9H,6,8,10H2,(H2,17,21). The quantitative estimate of drug-likeness (QED) is 0.832. The van der Waals surface area contributed by atoms with Crippen molar-refractivity contribution in [1.29, 1.82) is 0 Å². The van der Waals surface area contributed by atoms with Crippen molar-refractivity contribution in [2.75, 3.05) is 0 Å². The summed E-state index contributed by atoms with van der Waals surface area (Å²) in [7, 11) is 0. The monoisotopic (exact) mass is 306 g/mol. The summed E-state index contributed by atoms with van der Waals surface area (Å²) in [6, 6.07) is 9.35. The number of benzene rings is 1. The molecule has 2 rings (SSSR count). The zero-order valence-electron chi connectivity index (χ0n) is 11.3. The highest BCUT2D eigenvalue weighted by Gasteiger charge is 2.05. The van der Waals surface area contributed by atoms with E-state index in [0.717, 1.165) is 0 Å².